The van der Waals surface area contributed by atoms with Gasteiger partial charge in [-0.05, 0) is 37.5 Å². The third-order valence-electron chi connectivity index (χ3n) is 2.62. The average molecular weight is 282 g/mol. The number of nitriles is 1. The van der Waals surface area contributed by atoms with E-state index in [0.29, 0.717) is 24.0 Å². The molecule has 0 aromatic heterocycles. The summed E-state index contributed by atoms with van der Waals surface area (Å²) in [6, 6.07) is 8.25. The second-order valence-electron chi connectivity index (χ2n) is 4.45. The number of hydrogen-bond acceptors (Lipinski definition) is 4. The third kappa shape index (κ3) is 5.83. The fourth-order valence-corrected chi connectivity index (χ4v) is 3.15. The Bertz CT molecular complexity index is 532. The Balaban J connectivity index is 2.61. The molecule has 0 aliphatic rings. The monoisotopic (exact) mass is 282 g/mol. The number of hydrogen-bond donors (Lipinski definition) is 2. The summed E-state index contributed by atoms with van der Waals surface area (Å²) in [4.78, 5) is 0. The van der Waals surface area contributed by atoms with Gasteiger partial charge in [-0.15, -0.1) is 0 Å². The molecule has 0 amide bonds. The predicted octanol–water partition coefficient (Wildman–Crippen LogP) is 1.14. The van der Waals surface area contributed by atoms with Crippen LogP contribution >= 0.6 is 0 Å². The molecule has 104 valence electrons. The molecule has 1 rings (SSSR count). The summed E-state index contributed by atoms with van der Waals surface area (Å²) in [5.41, 5.74) is 1.14. The Kier molecular flexibility index (Phi) is 5.96. The Morgan fingerprint density at radius 3 is 2.53 bits per heavy atom. The molecular weight excluding hydrogens is 264 g/mol. The van der Waals surface area contributed by atoms with Gasteiger partial charge in [0.05, 0.1) is 17.4 Å². The van der Waals surface area contributed by atoms with E-state index in [4.69, 9.17) is 10.4 Å². The average Bonchev–Trinajstić information content (AvgIpc) is 2.36. The molecule has 0 radical (unpaired) electrons. The lowest BCUT2D eigenvalue weighted by Gasteiger charge is -2.13. The summed E-state index contributed by atoms with van der Waals surface area (Å²) < 4.78 is 26.3. The van der Waals surface area contributed by atoms with E-state index >= 15 is 0 Å². The maximum Gasteiger partial charge on any atom is 0.216 e. The van der Waals surface area contributed by atoms with Crippen LogP contribution in [0, 0.1) is 11.3 Å². The van der Waals surface area contributed by atoms with Crippen molar-refractivity contribution in [3.8, 4) is 6.07 Å². The van der Waals surface area contributed by atoms with Gasteiger partial charge in [-0.2, -0.15) is 5.26 Å². The molecule has 19 heavy (non-hydrogen) atoms. The number of sulfonamides is 1. The number of rotatable bonds is 7. The highest BCUT2D eigenvalue weighted by atomic mass is 32.2. The van der Waals surface area contributed by atoms with Gasteiger partial charge in [0.25, 0.3) is 0 Å². The predicted molar refractivity (Wildman–Crippen MR) is 72.7 cm³/mol. The molecule has 2 N–H and O–H groups in total. The maximum atomic E-state index is 11.9. The Hall–Kier alpha value is -1.42. The van der Waals surface area contributed by atoms with Crippen molar-refractivity contribution in [1.29, 1.82) is 5.26 Å². The summed E-state index contributed by atoms with van der Waals surface area (Å²) in [7, 11) is -3.40. The highest BCUT2D eigenvalue weighted by Crippen LogP contribution is 2.08. The topological polar surface area (TPSA) is 90.2 Å². The molecule has 1 atom stereocenters. The van der Waals surface area contributed by atoms with Crippen LogP contribution in [0.15, 0.2) is 24.3 Å². The van der Waals surface area contributed by atoms with Crippen molar-refractivity contribution in [2.24, 2.45) is 0 Å². The molecule has 0 spiro atoms. The molecule has 5 nitrogen and oxygen atoms in total. The van der Waals surface area contributed by atoms with Gasteiger partial charge in [-0.1, -0.05) is 12.1 Å². The molecule has 0 bridgehead atoms. The lowest BCUT2D eigenvalue weighted by Crippen LogP contribution is -2.33. The highest BCUT2D eigenvalue weighted by Gasteiger charge is 2.15. The van der Waals surface area contributed by atoms with Crippen molar-refractivity contribution in [1.82, 2.24) is 4.72 Å². The maximum absolute atomic E-state index is 11.9. The van der Waals surface area contributed by atoms with Crippen LogP contribution in [0.25, 0.3) is 0 Å². The van der Waals surface area contributed by atoms with E-state index in [1.54, 1.807) is 31.2 Å². The highest BCUT2D eigenvalue weighted by molar-refractivity contribution is 7.88. The van der Waals surface area contributed by atoms with Gasteiger partial charge in [-0.3, -0.25) is 0 Å². The standard InChI is InChI=1S/C13H18N2O3S/c1-11(3-2-8-16)15-19(17,18)10-13-6-4-12(9-14)5-7-13/h4-7,11,15-16H,2-3,8,10H2,1H3. The first-order chi connectivity index (χ1) is 8.96. The van der Waals surface area contributed by atoms with Gasteiger partial charge in [0.2, 0.25) is 10.0 Å². The van der Waals surface area contributed by atoms with Crippen molar-refractivity contribution < 1.29 is 13.5 Å². The van der Waals surface area contributed by atoms with Crippen molar-refractivity contribution in [2.75, 3.05) is 6.61 Å². The van der Waals surface area contributed by atoms with Gasteiger partial charge in [0.15, 0.2) is 0 Å². The van der Waals surface area contributed by atoms with Crippen molar-refractivity contribution in [3.05, 3.63) is 35.4 Å². The summed E-state index contributed by atoms with van der Waals surface area (Å²) in [6.07, 6.45) is 1.17. The number of nitrogens with one attached hydrogen (secondary N) is 1. The van der Waals surface area contributed by atoms with Crippen LogP contribution in [-0.2, 0) is 15.8 Å². The molecule has 0 saturated heterocycles. The molecule has 0 fully saturated rings. The van der Waals surface area contributed by atoms with Gasteiger partial charge in [0, 0.05) is 12.6 Å². The first-order valence-electron chi connectivity index (χ1n) is 6.07. The van der Waals surface area contributed by atoms with E-state index in [9.17, 15) is 8.42 Å². The largest absolute Gasteiger partial charge is 0.396 e. The normalized spacial score (nSPS) is 12.9. The van der Waals surface area contributed by atoms with Gasteiger partial charge in [0.1, 0.15) is 0 Å². The minimum Gasteiger partial charge on any atom is -0.396 e. The zero-order chi connectivity index (χ0) is 14.3. The molecule has 0 aliphatic heterocycles. The first-order valence-corrected chi connectivity index (χ1v) is 7.72. The fourth-order valence-electron chi connectivity index (χ4n) is 1.70. The molecular formula is C13H18N2O3S. The smallest absolute Gasteiger partial charge is 0.216 e. The second-order valence-corrected chi connectivity index (χ2v) is 6.21. The zero-order valence-corrected chi connectivity index (χ0v) is 11.7. The van der Waals surface area contributed by atoms with E-state index in [1.807, 2.05) is 6.07 Å². The van der Waals surface area contributed by atoms with E-state index in [2.05, 4.69) is 4.72 Å². The van der Waals surface area contributed by atoms with Crippen LogP contribution < -0.4 is 4.72 Å². The molecule has 1 aromatic rings. The number of aliphatic hydroxyl groups excluding tert-OH is 1. The van der Waals surface area contributed by atoms with Crippen LogP contribution in [0.4, 0.5) is 0 Å². The first kappa shape index (κ1) is 15.6. The SMILES string of the molecule is CC(CCCO)NS(=O)(=O)Cc1ccc(C#N)cc1. The quantitative estimate of drug-likeness (QED) is 0.784. The summed E-state index contributed by atoms with van der Waals surface area (Å²) >= 11 is 0. The second kappa shape index (κ2) is 7.24. The van der Waals surface area contributed by atoms with Crippen molar-refractivity contribution in [2.45, 2.75) is 31.6 Å². The lowest BCUT2D eigenvalue weighted by atomic mass is 10.2. The molecule has 6 heteroatoms. The Morgan fingerprint density at radius 1 is 1.37 bits per heavy atom. The van der Waals surface area contributed by atoms with Gasteiger partial charge < -0.3 is 5.11 Å². The molecule has 0 saturated carbocycles. The number of nitrogens with zero attached hydrogens (tertiary/aromatic N) is 1. The molecule has 0 aliphatic carbocycles. The summed E-state index contributed by atoms with van der Waals surface area (Å²) in [6.45, 7) is 1.83. The minimum absolute atomic E-state index is 0.0572. The fraction of sp³-hybridized carbons (Fsp3) is 0.462. The van der Waals surface area contributed by atoms with E-state index in [1.165, 1.54) is 0 Å². The Morgan fingerprint density at radius 2 is 2.00 bits per heavy atom. The molecule has 1 unspecified atom stereocenters. The summed E-state index contributed by atoms with van der Waals surface area (Å²) in [5, 5.41) is 17.4. The van der Waals surface area contributed by atoms with Crippen LogP contribution in [0.1, 0.15) is 30.9 Å². The summed E-state index contributed by atoms with van der Waals surface area (Å²) in [5.74, 6) is -0.109. The minimum atomic E-state index is -3.40. The van der Waals surface area contributed by atoms with Crippen LogP contribution in [0.3, 0.4) is 0 Å². The van der Waals surface area contributed by atoms with Crippen LogP contribution in [0.2, 0.25) is 0 Å². The van der Waals surface area contributed by atoms with Crippen molar-refractivity contribution in [3.63, 3.8) is 0 Å². The van der Waals surface area contributed by atoms with E-state index in [-0.39, 0.29) is 18.4 Å². The molecule has 1 aromatic carbocycles. The van der Waals surface area contributed by atoms with Crippen LogP contribution in [0.5, 0.6) is 0 Å². The van der Waals surface area contributed by atoms with Gasteiger partial charge >= 0.3 is 0 Å². The molecule has 0 heterocycles. The van der Waals surface area contributed by atoms with Crippen molar-refractivity contribution >= 4 is 10.0 Å². The van der Waals surface area contributed by atoms with E-state index < -0.39 is 10.0 Å². The number of benzene rings is 1. The lowest BCUT2D eigenvalue weighted by molar-refractivity contribution is 0.279. The van der Waals surface area contributed by atoms with Gasteiger partial charge in [-0.25, -0.2) is 13.1 Å². The third-order valence-corrected chi connectivity index (χ3v) is 4.09. The van der Waals surface area contributed by atoms with E-state index in [0.717, 1.165) is 0 Å². The Labute approximate surface area is 113 Å². The zero-order valence-electron chi connectivity index (χ0n) is 10.8. The number of aliphatic hydroxyl groups is 1. The van der Waals surface area contributed by atoms with Crippen LogP contribution in [-0.4, -0.2) is 26.2 Å².